The number of hydrogen-bond donors (Lipinski definition) is 1. The maximum absolute atomic E-state index is 14.8. The summed E-state index contributed by atoms with van der Waals surface area (Å²) in [6.07, 6.45) is 4.56. The van der Waals surface area contributed by atoms with Gasteiger partial charge in [0.15, 0.2) is 0 Å². The Bertz CT molecular complexity index is 1410. The zero-order valence-corrected chi connectivity index (χ0v) is 27.2. The standard InChI is InChI=1S/C37H47N3O6/c1-6-21-38(23-26-13-11-10-12-14-26)36(44)33-37-20-19-30(46-37)31(32(37)35(43)40(33)29(24-41)25(5)8-3)34(42)39(22-7-2)27-15-17-28(18-16-27)45-9-4/h6-7,10-18,25,29-33,41H,1-2,8-9,19-24H2,3-5H3/t25-,29-,30-,31+,32-,33?,37?/m0/s1. The molecule has 0 saturated carbocycles. The molecule has 1 spiro atoms. The molecular formula is C37H47N3O6. The van der Waals surface area contributed by atoms with Crippen molar-refractivity contribution in [1.82, 2.24) is 9.80 Å². The minimum atomic E-state index is -1.19. The van der Waals surface area contributed by atoms with E-state index in [1.54, 1.807) is 26.9 Å². The van der Waals surface area contributed by atoms with Gasteiger partial charge in [0.2, 0.25) is 17.7 Å². The topological polar surface area (TPSA) is 99.6 Å². The van der Waals surface area contributed by atoms with Gasteiger partial charge in [-0.05, 0) is 55.5 Å². The third-order valence-corrected chi connectivity index (χ3v) is 10.0. The highest BCUT2D eigenvalue weighted by Gasteiger charge is 2.75. The molecule has 2 unspecified atom stereocenters. The number of carbonyl (C=O) groups is 3. The number of nitrogens with zero attached hydrogens (tertiary/aromatic N) is 3. The van der Waals surface area contributed by atoms with Crippen LogP contribution in [0.15, 0.2) is 79.9 Å². The number of hydrogen-bond acceptors (Lipinski definition) is 6. The van der Waals surface area contributed by atoms with E-state index in [1.807, 2.05) is 75.4 Å². The van der Waals surface area contributed by atoms with Crippen molar-refractivity contribution in [3.8, 4) is 5.75 Å². The van der Waals surface area contributed by atoms with E-state index in [-0.39, 0.29) is 43.3 Å². The monoisotopic (exact) mass is 629 g/mol. The van der Waals surface area contributed by atoms with Gasteiger partial charge in [-0.3, -0.25) is 14.4 Å². The molecule has 3 heterocycles. The Labute approximate surface area is 272 Å². The molecule has 3 aliphatic rings. The molecule has 3 amide bonds. The first-order valence-corrected chi connectivity index (χ1v) is 16.5. The lowest BCUT2D eigenvalue weighted by molar-refractivity contribution is -0.152. The van der Waals surface area contributed by atoms with Crippen LogP contribution in [-0.4, -0.2) is 82.7 Å². The molecule has 1 N–H and O–H groups in total. The van der Waals surface area contributed by atoms with Crippen LogP contribution >= 0.6 is 0 Å². The fraction of sp³-hybridized carbons (Fsp3) is 0.486. The van der Waals surface area contributed by atoms with E-state index in [0.29, 0.717) is 43.9 Å². The third kappa shape index (κ3) is 5.86. The van der Waals surface area contributed by atoms with Crippen molar-refractivity contribution in [2.75, 3.05) is 31.2 Å². The minimum absolute atomic E-state index is 0.0890. The molecule has 9 nitrogen and oxygen atoms in total. The Morgan fingerprint density at radius 2 is 1.78 bits per heavy atom. The van der Waals surface area contributed by atoms with Crippen molar-refractivity contribution >= 4 is 23.4 Å². The van der Waals surface area contributed by atoms with Crippen LogP contribution in [0.4, 0.5) is 5.69 Å². The Morgan fingerprint density at radius 3 is 2.39 bits per heavy atom. The second-order valence-electron chi connectivity index (χ2n) is 12.6. The summed E-state index contributed by atoms with van der Waals surface area (Å²) >= 11 is 0. The van der Waals surface area contributed by atoms with Gasteiger partial charge in [0.05, 0.1) is 37.2 Å². The molecule has 2 aromatic rings. The summed E-state index contributed by atoms with van der Waals surface area (Å²) in [7, 11) is 0. The van der Waals surface area contributed by atoms with Crippen molar-refractivity contribution in [3.05, 3.63) is 85.5 Å². The number of fused-ring (bicyclic) bond motifs is 1. The lowest BCUT2D eigenvalue weighted by Crippen LogP contribution is -2.59. The van der Waals surface area contributed by atoms with Crippen LogP contribution in [0.5, 0.6) is 5.75 Å². The molecule has 0 radical (unpaired) electrons. The molecule has 3 aliphatic heterocycles. The van der Waals surface area contributed by atoms with Crippen LogP contribution in [0.3, 0.4) is 0 Å². The number of aliphatic hydroxyl groups is 1. The lowest BCUT2D eigenvalue weighted by Gasteiger charge is -2.41. The smallest absolute Gasteiger partial charge is 0.249 e. The van der Waals surface area contributed by atoms with E-state index < -0.39 is 35.6 Å². The molecular weight excluding hydrogens is 582 g/mol. The fourth-order valence-corrected chi connectivity index (χ4v) is 7.71. The minimum Gasteiger partial charge on any atom is -0.494 e. The molecule has 7 atom stereocenters. The second-order valence-corrected chi connectivity index (χ2v) is 12.6. The quantitative estimate of drug-likeness (QED) is 0.289. The summed E-state index contributed by atoms with van der Waals surface area (Å²) in [4.78, 5) is 49.0. The van der Waals surface area contributed by atoms with Crippen molar-refractivity contribution in [1.29, 1.82) is 0 Å². The van der Waals surface area contributed by atoms with Crippen molar-refractivity contribution in [2.24, 2.45) is 17.8 Å². The van der Waals surface area contributed by atoms with E-state index in [1.165, 1.54) is 0 Å². The summed E-state index contributed by atoms with van der Waals surface area (Å²) in [5.41, 5.74) is 0.422. The van der Waals surface area contributed by atoms with E-state index in [2.05, 4.69) is 13.2 Å². The molecule has 0 aliphatic carbocycles. The molecule has 3 fully saturated rings. The first-order valence-electron chi connectivity index (χ1n) is 16.5. The summed E-state index contributed by atoms with van der Waals surface area (Å²) < 4.78 is 12.3. The van der Waals surface area contributed by atoms with Crippen LogP contribution in [0.25, 0.3) is 0 Å². The van der Waals surface area contributed by atoms with Gasteiger partial charge in [0, 0.05) is 25.3 Å². The zero-order chi connectivity index (χ0) is 33.0. The maximum Gasteiger partial charge on any atom is 0.249 e. The van der Waals surface area contributed by atoms with Crippen LogP contribution in [0.1, 0.15) is 45.6 Å². The van der Waals surface area contributed by atoms with Crippen molar-refractivity contribution in [3.63, 3.8) is 0 Å². The Balaban J connectivity index is 1.56. The van der Waals surface area contributed by atoms with Gasteiger partial charge in [-0.25, -0.2) is 0 Å². The van der Waals surface area contributed by atoms with Crippen molar-refractivity contribution < 1.29 is 29.0 Å². The molecule has 2 aromatic carbocycles. The summed E-state index contributed by atoms with van der Waals surface area (Å²) in [6.45, 7) is 14.7. The van der Waals surface area contributed by atoms with Crippen LogP contribution in [0, 0.1) is 17.8 Å². The predicted molar refractivity (Wildman–Crippen MR) is 177 cm³/mol. The number of aliphatic hydroxyl groups excluding tert-OH is 1. The van der Waals surface area contributed by atoms with Crippen LogP contribution in [0.2, 0.25) is 0 Å². The number of likely N-dealkylation sites (tertiary alicyclic amines) is 1. The lowest BCUT2D eigenvalue weighted by atomic mass is 9.70. The van der Waals surface area contributed by atoms with Gasteiger partial charge in [0.1, 0.15) is 17.4 Å². The SMILES string of the molecule is C=CCN(Cc1ccccc1)C(=O)C1N([C@@H](CO)[C@@H](C)CC)C(=O)[C@@H]2[C@H](C(=O)N(CC=C)c3ccc(OCC)cc3)[C@@H]3CCC12O3. The first kappa shape index (κ1) is 33.4. The summed E-state index contributed by atoms with van der Waals surface area (Å²) in [6, 6.07) is 15.4. The number of rotatable bonds is 15. The van der Waals surface area contributed by atoms with Crippen LogP contribution in [-0.2, 0) is 25.7 Å². The number of amides is 3. The van der Waals surface area contributed by atoms with E-state index in [0.717, 1.165) is 5.56 Å². The van der Waals surface area contributed by atoms with Gasteiger partial charge in [-0.2, -0.15) is 0 Å². The number of ether oxygens (including phenoxy) is 2. The van der Waals surface area contributed by atoms with Gasteiger partial charge in [-0.1, -0.05) is 62.8 Å². The van der Waals surface area contributed by atoms with Gasteiger partial charge < -0.3 is 29.3 Å². The van der Waals surface area contributed by atoms with E-state index in [4.69, 9.17) is 9.47 Å². The molecule has 5 rings (SSSR count). The molecule has 9 heteroatoms. The Kier molecular flexibility index (Phi) is 10.3. The largest absolute Gasteiger partial charge is 0.494 e. The third-order valence-electron chi connectivity index (χ3n) is 10.0. The molecule has 2 bridgehead atoms. The highest BCUT2D eigenvalue weighted by atomic mass is 16.5. The summed E-state index contributed by atoms with van der Waals surface area (Å²) in [5, 5.41) is 10.7. The Morgan fingerprint density at radius 1 is 1.09 bits per heavy atom. The average Bonchev–Trinajstić information content (AvgIpc) is 3.72. The maximum atomic E-state index is 14.8. The van der Waals surface area contributed by atoms with Crippen molar-refractivity contribution in [2.45, 2.75) is 70.4 Å². The van der Waals surface area contributed by atoms with E-state index >= 15 is 0 Å². The first-order chi connectivity index (χ1) is 22.3. The van der Waals surface area contributed by atoms with Gasteiger partial charge in [0.25, 0.3) is 0 Å². The average molecular weight is 630 g/mol. The molecule has 0 aromatic heterocycles. The number of benzene rings is 2. The summed E-state index contributed by atoms with van der Waals surface area (Å²) in [5.74, 6) is -1.84. The fourth-order valence-electron chi connectivity index (χ4n) is 7.71. The van der Waals surface area contributed by atoms with Gasteiger partial charge in [-0.15, -0.1) is 13.2 Å². The highest BCUT2D eigenvalue weighted by molar-refractivity contribution is 6.03. The molecule has 3 saturated heterocycles. The number of carbonyl (C=O) groups excluding carboxylic acids is 3. The normalized spacial score (nSPS) is 25.9. The number of anilines is 1. The molecule has 46 heavy (non-hydrogen) atoms. The van der Waals surface area contributed by atoms with E-state index in [9.17, 15) is 19.5 Å². The highest BCUT2D eigenvalue weighted by Crippen LogP contribution is 2.59. The predicted octanol–water partition coefficient (Wildman–Crippen LogP) is 4.60. The Hall–Kier alpha value is -3.95. The van der Waals surface area contributed by atoms with Crippen LogP contribution < -0.4 is 9.64 Å². The van der Waals surface area contributed by atoms with Gasteiger partial charge >= 0.3 is 0 Å². The second kappa shape index (κ2) is 14.2. The zero-order valence-electron chi connectivity index (χ0n) is 27.2. The molecule has 246 valence electrons.